The fraction of sp³-hybridized carbons (Fsp3) is 0.611. The van der Waals surface area contributed by atoms with Gasteiger partial charge >= 0.3 is 6.03 Å². The largest absolute Gasteiger partial charge is 0.396 e. The average Bonchev–Trinajstić information content (AvgIpc) is 2.53. The summed E-state index contributed by atoms with van der Waals surface area (Å²) in [4.78, 5) is 12.0. The SMILES string of the molecule is CC(C)Nc1cccc(CNC(=O)NC2CCC(CO)CC2)c1. The van der Waals surface area contributed by atoms with E-state index in [0.29, 0.717) is 18.5 Å². The van der Waals surface area contributed by atoms with Crippen molar-refractivity contribution in [2.45, 2.75) is 58.2 Å². The summed E-state index contributed by atoms with van der Waals surface area (Å²) in [5, 5.41) is 18.5. The summed E-state index contributed by atoms with van der Waals surface area (Å²) in [6, 6.07) is 8.60. The van der Waals surface area contributed by atoms with E-state index < -0.39 is 0 Å². The highest BCUT2D eigenvalue weighted by Crippen LogP contribution is 2.23. The number of anilines is 1. The molecule has 0 radical (unpaired) electrons. The zero-order chi connectivity index (χ0) is 16.7. The summed E-state index contributed by atoms with van der Waals surface area (Å²) in [7, 11) is 0. The monoisotopic (exact) mass is 319 g/mol. The van der Waals surface area contributed by atoms with Crippen molar-refractivity contribution >= 4 is 11.7 Å². The van der Waals surface area contributed by atoms with Gasteiger partial charge in [-0.3, -0.25) is 0 Å². The lowest BCUT2D eigenvalue weighted by atomic mass is 9.87. The molecule has 0 unspecified atom stereocenters. The van der Waals surface area contributed by atoms with Crippen LogP contribution in [0.4, 0.5) is 10.5 Å². The van der Waals surface area contributed by atoms with E-state index in [9.17, 15) is 4.79 Å². The second-order valence-corrected chi connectivity index (χ2v) is 6.73. The standard InChI is InChI=1S/C18H29N3O2/c1-13(2)20-17-5-3-4-15(10-17)11-19-18(23)21-16-8-6-14(12-22)7-9-16/h3-5,10,13-14,16,20,22H,6-9,11-12H2,1-2H3,(H2,19,21,23). The topological polar surface area (TPSA) is 73.4 Å². The molecule has 0 aliphatic heterocycles. The predicted molar refractivity (Wildman–Crippen MR) is 93.4 cm³/mol. The lowest BCUT2D eigenvalue weighted by molar-refractivity contribution is 0.174. The average molecular weight is 319 g/mol. The van der Waals surface area contributed by atoms with Gasteiger partial charge in [-0.1, -0.05) is 12.1 Å². The van der Waals surface area contributed by atoms with Gasteiger partial charge in [0.15, 0.2) is 0 Å². The first-order valence-electron chi connectivity index (χ1n) is 8.57. The molecule has 1 fully saturated rings. The third-order valence-corrected chi connectivity index (χ3v) is 4.28. The number of hydrogen-bond donors (Lipinski definition) is 4. The fourth-order valence-electron chi connectivity index (χ4n) is 3.01. The van der Waals surface area contributed by atoms with Crippen molar-refractivity contribution in [1.29, 1.82) is 0 Å². The van der Waals surface area contributed by atoms with Crippen LogP contribution in [0.25, 0.3) is 0 Å². The molecule has 0 heterocycles. The van der Waals surface area contributed by atoms with Crippen molar-refractivity contribution in [3.8, 4) is 0 Å². The van der Waals surface area contributed by atoms with Crippen molar-refractivity contribution in [1.82, 2.24) is 10.6 Å². The smallest absolute Gasteiger partial charge is 0.315 e. The van der Waals surface area contributed by atoms with E-state index in [1.54, 1.807) is 0 Å². The minimum absolute atomic E-state index is 0.111. The number of urea groups is 1. The first kappa shape index (κ1) is 17.6. The highest BCUT2D eigenvalue weighted by molar-refractivity contribution is 5.74. The summed E-state index contributed by atoms with van der Waals surface area (Å²) >= 11 is 0. The van der Waals surface area contributed by atoms with Crippen LogP contribution in [0.2, 0.25) is 0 Å². The van der Waals surface area contributed by atoms with Gasteiger partial charge in [-0.25, -0.2) is 4.79 Å². The molecular formula is C18H29N3O2. The Bertz CT molecular complexity index is 497. The quantitative estimate of drug-likeness (QED) is 0.651. The summed E-state index contributed by atoms with van der Waals surface area (Å²) in [6.07, 6.45) is 3.88. The zero-order valence-electron chi connectivity index (χ0n) is 14.1. The molecule has 5 heteroatoms. The Balaban J connectivity index is 1.74. The predicted octanol–water partition coefficient (Wildman–Crippen LogP) is 2.86. The maximum absolute atomic E-state index is 12.0. The van der Waals surface area contributed by atoms with Gasteiger partial charge in [0.2, 0.25) is 0 Å². The molecule has 1 aromatic rings. The van der Waals surface area contributed by atoms with Gasteiger partial charge in [0.1, 0.15) is 0 Å². The molecule has 2 rings (SSSR count). The maximum atomic E-state index is 12.0. The molecule has 0 atom stereocenters. The molecule has 1 aliphatic rings. The fourth-order valence-corrected chi connectivity index (χ4v) is 3.01. The minimum Gasteiger partial charge on any atom is -0.396 e. The number of carbonyl (C=O) groups excluding carboxylic acids is 1. The van der Waals surface area contributed by atoms with Crippen LogP contribution < -0.4 is 16.0 Å². The zero-order valence-corrected chi connectivity index (χ0v) is 14.1. The van der Waals surface area contributed by atoms with E-state index in [1.165, 1.54) is 0 Å². The first-order chi connectivity index (χ1) is 11.1. The van der Waals surface area contributed by atoms with Crippen LogP contribution >= 0.6 is 0 Å². The van der Waals surface area contributed by atoms with Crippen LogP contribution in [0.1, 0.15) is 45.1 Å². The number of aliphatic hydroxyl groups is 1. The molecule has 0 spiro atoms. The van der Waals surface area contributed by atoms with Crippen molar-refractivity contribution < 1.29 is 9.90 Å². The summed E-state index contributed by atoms with van der Waals surface area (Å²) < 4.78 is 0. The van der Waals surface area contributed by atoms with E-state index in [-0.39, 0.29) is 18.7 Å². The lowest BCUT2D eigenvalue weighted by Crippen LogP contribution is -2.43. The molecule has 4 N–H and O–H groups in total. The lowest BCUT2D eigenvalue weighted by Gasteiger charge is -2.28. The molecule has 1 saturated carbocycles. The molecule has 0 saturated heterocycles. The third kappa shape index (κ3) is 6.10. The number of nitrogens with one attached hydrogen (secondary N) is 3. The van der Waals surface area contributed by atoms with Crippen LogP contribution in [0, 0.1) is 5.92 Å². The van der Waals surface area contributed by atoms with Crippen LogP contribution in [0.15, 0.2) is 24.3 Å². The van der Waals surface area contributed by atoms with Crippen LogP contribution in [0.5, 0.6) is 0 Å². The second kappa shape index (κ2) is 8.77. The highest BCUT2D eigenvalue weighted by atomic mass is 16.3. The molecule has 0 aromatic heterocycles. The molecule has 2 amide bonds. The van der Waals surface area contributed by atoms with Gasteiger partial charge in [0, 0.05) is 30.9 Å². The van der Waals surface area contributed by atoms with Gasteiger partial charge in [0.25, 0.3) is 0 Å². The minimum atomic E-state index is -0.111. The third-order valence-electron chi connectivity index (χ3n) is 4.28. The van der Waals surface area contributed by atoms with Crippen molar-refractivity contribution in [3.63, 3.8) is 0 Å². The summed E-state index contributed by atoms with van der Waals surface area (Å²) in [6.45, 7) is 4.99. The van der Waals surface area contributed by atoms with Gasteiger partial charge < -0.3 is 21.1 Å². The Morgan fingerprint density at radius 3 is 2.65 bits per heavy atom. The molecule has 1 aliphatic carbocycles. The number of carbonyl (C=O) groups is 1. The van der Waals surface area contributed by atoms with Crippen LogP contribution in [0.3, 0.4) is 0 Å². The molecule has 128 valence electrons. The van der Waals surface area contributed by atoms with Gasteiger partial charge in [-0.2, -0.15) is 0 Å². The number of hydrogen-bond acceptors (Lipinski definition) is 3. The molecule has 0 bridgehead atoms. The van der Waals surface area contributed by atoms with E-state index >= 15 is 0 Å². The maximum Gasteiger partial charge on any atom is 0.315 e. The number of aliphatic hydroxyl groups excluding tert-OH is 1. The molecule has 1 aromatic carbocycles. The Hall–Kier alpha value is -1.75. The molecule has 23 heavy (non-hydrogen) atoms. The van der Waals surface area contributed by atoms with Crippen molar-refractivity contribution in [2.75, 3.05) is 11.9 Å². The number of rotatable bonds is 6. The van der Waals surface area contributed by atoms with E-state index in [4.69, 9.17) is 5.11 Å². The van der Waals surface area contributed by atoms with Crippen LogP contribution in [-0.4, -0.2) is 29.8 Å². The molecule has 5 nitrogen and oxygen atoms in total. The summed E-state index contributed by atoms with van der Waals surface area (Å²) in [5.41, 5.74) is 2.15. The first-order valence-corrected chi connectivity index (χ1v) is 8.57. The Morgan fingerprint density at radius 1 is 1.26 bits per heavy atom. The normalized spacial score (nSPS) is 21.0. The number of amides is 2. The highest BCUT2D eigenvalue weighted by Gasteiger charge is 2.21. The number of benzene rings is 1. The molecular weight excluding hydrogens is 290 g/mol. The summed E-state index contributed by atoms with van der Waals surface area (Å²) in [5.74, 6) is 0.410. The second-order valence-electron chi connectivity index (χ2n) is 6.73. The van der Waals surface area contributed by atoms with Gasteiger partial charge in [-0.05, 0) is 63.1 Å². The van der Waals surface area contributed by atoms with Gasteiger partial charge in [-0.15, -0.1) is 0 Å². The van der Waals surface area contributed by atoms with E-state index in [0.717, 1.165) is 36.9 Å². The van der Waals surface area contributed by atoms with Crippen molar-refractivity contribution in [3.05, 3.63) is 29.8 Å². The van der Waals surface area contributed by atoms with E-state index in [2.05, 4.69) is 35.9 Å². The van der Waals surface area contributed by atoms with Gasteiger partial charge in [0.05, 0.1) is 0 Å². The van der Waals surface area contributed by atoms with Crippen molar-refractivity contribution in [2.24, 2.45) is 5.92 Å². The van der Waals surface area contributed by atoms with Crippen LogP contribution in [-0.2, 0) is 6.54 Å². The van der Waals surface area contributed by atoms with E-state index in [1.807, 2.05) is 18.2 Å². The Labute approximate surface area is 138 Å². The Morgan fingerprint density at radius 2 is 2.00 bits per heavy atom. The Kier molecular flexibility index (Phi) is 6.71.